The highest BCUT2D eigenvalue weighted by Gasteiger charge is 2.36. The fourth-order valence-electron chi connectivity index (χ4n) is 5.68. The largest absolute Gasteiger partial charge is 0.433 e. The van der Waals surface area contributed by atoms with Crippen LogP contribution in [0.25, 0.3) is 16.7 Å². The molecule has 0 aliphatic carbocycles. The van der Waals surface area contributed by atoms with Crippen molar-refractivity contribution in [2.24, 2.45) is 0 Å². The van der Waals surface area contributed by atoms with E-state index >= 15 is 0 Å². The van der Waals surface area contributed by atoms with E-state index in [-0.39, 0.29) is 41.7 Å². The Morgan fingerprint density at radius 1 is 1.21 bits per heavy atom. The maximum atomic E-state index is 14.0. The molecule has 6 heterocycles. The van der Waals surface area contributed by atoms with Crippen LogP contribution in [0.3, 0.4) is 0 Å². The Kier molecular flexibility index (Phi) is 6.64. The third-order valence-electron chi connectivity index (χ3n) is 8.04. The summed E-state index contributed by atoms with van der Waals surface area (Å²) in [5.74, 6) is -2.56. The van der Waals surface area contributed by atoms with Crippen LogP contribution in [-0.4, -0.2) is 72.9 Å². The molecule has 0 bridgehead atoms. The van der Waals surface area contributed by atoms with Crippen LogP contribution in [0.2, 0.25) is 0 Å². The number of aryl methyl sites for hydroxylation is 1. The Labute approximate surface area is 243 Å². The fraction of sp³-hybridized carbons (Fsp3) is 0.267. The van der Waals surface area contributed by atoms with E-state index in [1.807, 2.05) is 6.07 Å². The normalized spacial score (nSPS) is 17.2. The van der Waals surface area contributed by atoms with E-state index in [0.29, 0.717) is 41.2 Å². The van der Waals surface area contributed by atoms with Gasteiger partial charge in [-0.2, -0.15) is 5.10 Å². The van der Waals surface area contributed by atoms with Gasteiger partial charge in [0, 0.05) is 12.6 Å². The van der Waals surface area contributed by atoms with Crippen LogP contribution < -0.4 is 10.5 Å². The number of aromatic amines is 1. The average Bonchev–Trinajstić information content (AvgIpc) is 3.55. The van der Waals surface area contributed by atoms with Gasteiger partial charge in [-0.25, -0.2) is 23.4 Å². The number of aliphatic hydroxyl groups is 1. The summed E-state index contributed by atoms with van der Waals surface area (Å²) in [6, 6.07) is 8.61. The maximum absolute atomic E-state index is 14.0. The Balaban J connectivity index is 1.15. The van der Waals surface area contributed by atoms with Gasteiger partial charge in [-0.05, 0) is 48.7 Å². The first-order chi connectivity index (χ1) is 20.8. The zero-order chi connectivity index (χ0) is 29.8. The molecule has 0 amide bonds. The smallest absolute Gasteiger partial charge is 0.219 e. The molecule has 11 nitrogen and oxygen atoms in total. The minimum atomic E-state index is -0.852. The second-order valence-electron chi connectivity index (χ2n) is 10.7. The number of ketones is 1. The Bertz CT molecular complexity index is 1860. The van der Waals surface area contributed by atoms with Crippen LogP contribution >= 0.6 is 0 Å². The van der Waals surface area contributed by atoms with Crippen molar-refractivity contribution in [1.29, 1.82) is 0 Å². The molecule has 5 aromatic rings. The highest BCUT2D eigenvalue weighted by atomic mass is 19.1. The summed E-state index contributed by atoms with van der Waals surface area (Å²) in [7, 11) is 0. The van der Waals surface area contributed by atoms with Gasteiger partial charge < -0.3 is 25.3 Å². The van der Waals surface area contributed by atoms with E-state index < -0.39 is 17.4 Å². The van der Waals surface area contributed by atoms with E-state index in [1.54, 1.807) is 13.0 Å². The molecule has 4 aromatic heterocycles. The molecule has 13 heteroatoms. The molecule has 1 aromatic carbocycles. The third kappa shape index (κ3) is 4.61. The van der Waals surface area contributed by atoms with Gasteiger partial charge in [0.15, 0.2) is 11.6 Å². The number of nitrogens with zero attached hydrogens (tertiary/aromatic N) is 5. The molecule has 4 N–H and O–H groups in total. The molecule has 7 rings (SSSR count). The lowest BCUT2D eigenvalue weighted by Gasteiger charge is -2.44. The minimum Gasteiger partial charge on any atom is -0.433 e. The lowest BCUT2D eigenvalue weighted by atomic mass is 9.95. The molecule has 2 aliphatic rings. The van der Waals surface area contributed by atoms with Crippen LogP contribution in [0, 0.1) is 18.6 Å². The van der Waals surface area contributed by atoms with E-state index in [9.17, 15) is 18.7 Å². The molecule has 43 heavy (non-hydrogen) atoms. The van der Waals surface area contributed by atoms with E-state index in [4.69, 9.17) is 20.2 Å². The van der Waals surface area contributed by atoms with Crippen LogP contribution in [0.15, 0.2) is 48.8 Å². The number of rotatable bonds is 7. The summed E-state index contributed by atoms with van der Waals surface area (Å²) >= 11 is 0. The van der Waals surface area contributed by atoms with E-state index in [2.05, 4.69) is 20.0 Å². The number of carbonyl (C=O) groups excluding carboxylic acids is 1. The van der Waals surface area contributed by atoms with Crippen molar-refractivity contribution in [3.05, 3.63) is 88.5 Å². The van der Waals surface area contributed by atoms with Gasteiger partial charge in [-0.1, -0.05) is 6.07 Å². The number of hydrogen-bond acceptors (Lipinski definition) is 9. The number of nitrogens with two attached hydrogens (primary N) is 1. The standard InChI is InChI=1S/C30H27F2N7O4/c1-15-7-26(43-29-19(31)3-2-4-20(29)32)34-11-24(15)39-30(33)18(10-35-39)28(41)23-9-22-21(36-23)8-16-5-6-38(17-13-42-14-17)25(12-40)27(16)37-22/h2-4,7-11,17,25,36,40H,5-6,12-14,33H2,1H3. The summed E-state index contributed by atoms with van der Waals surface area (Å²) in [4.78, 5) is 28.0. The zero-order valence-corrected chi connectivity index (χ0v) is 23.1. The number of carbonyl (C=O) groups is 1. The molecule has 1 atom stereocenters. The van der Waals surface area contributed by atoms with Crippen molar-refractivity contribution in [1.82, 2.24) is 29.6 Å². The van der Waals surface area contributed by atoms with Crippen molar-refractivity contribution in [3.63, 3.8) is 0 Å². The highest BCUT2D eigenvalue weighted by molar-refractivity contribution is 6.12. The number of para-hydroxylation sites is 1. The monoisotopic (exact) mass is 587 g/mol. The van der Waals surface area contributed by atoms with Gasteiger partial charge in [-0.3, -0.25) is 9.69 Å². The number of aromatic nitrogens is 5. The predicted molar refractivity (Wildman–Crippen MR) is 151 cm³/mol. The number of halogens is 2. The van der Waals surface area contributed by atoms with Crippen molar-refractivity contribution < 1.29 is 28.2 Å². The van der Waals surface area contributed by atoms with E-state index in [0.717, 1.165) is 36.4 Å². The van der Waals surface area contributed by atoms with Gasteiger partial charge in [-0.15, -0.1) is 0 Å². The van der Waals surface area contributed by atoms with Gasteiger partial charge in [0.2, 0.25) is 17.4 Å². The Morgan fingerprint density at radius 3 is 2.70 bits per heavy atom. The van der Waals surface area contributed by atoms with Crippen LogP contribution in [0.1, 0.15) is 38.9 Å². The second-order valence-corrected chi connectivity index (χ2v) is 10.7. The molecule has 0 radical (unpaired) electrons. The molecule has 2 aliphatic heterocycles. The summed E-state index contributed by atoms with van der Waals surface area (Å²) < 4.78 is 40.1. The second kappa shape index (κ2) is 10.5. The van der Waals surface area contributed by atoms with E-state index in [1.165, 1.54) is 29.2 Å². The average molecular weight is 588 g/mol. The van der Waals surface area contributed by atoms with Crippen LogP contribution in [0.5, 0.6) is 11.6 Å². The molecular formula is C30H27F2N7O4. The number of hydrogen-bond donors (Lipinski definition) is 3. The van der Waals surface area contributed by atoms with Crippen molar-refractivity contribution in [2.45, 2.75) is 25.4 Å². The number of aliphatic hydroxyl groups excluding tert-OH is 1. The SMILES string of the molecule is Cc1cc(Oc2c(F)cccc2F)ncc1-n1ncc(C(=O)c2cc3nc4c(cc3[nH]2)CCN(C2COC2)C4CO)c1N. The lowest BCUT2D eigenvalue weighted by molar-refractivity contribution is -0.0895. The number of nitrogens with one attached hydrogen (secondary N) is 1. The zero-order valence-electron chi connectivity index (χ0n) is 23.1. The van der Waals surface area contributed by atoms with Crippen molar-refractivity contribution in [3.8, 4) is 17.3 Å². The number of fused-ring (bicyclic) bond motifs is 2. The number of pyridine rings is 2. The third-order valence-corrected chi connectivity index (χ3v) is 8.04. The molecular weight excluding hydrogens is 560 g/mol. The van der Waals surface area contributed by atoms with Crippen molar-refractivity contribution in [2.75, 3.05) is 32.1 Å². The first kappa shape index (κ1) is 27.1. The fourth-order valence-corrected chi connectivity index (χ4v) is 5.68. The molecule has 1 saturated heterocycles. The number of H-pyrrole nitrogens is 1. The lowest BCUT2D eigenvalue weighted by Crippen LogP contribution is -2.53. The molecule has 1 fully saturated rings. The number of ether oxygens (including phenoxy) is 2. The van der Waals surface area contributed by atoms with Crippen LogP contribution in [0.4, 0.5) is 14.6 Å². The molecule has 220 valence electrons. The maximum Gasteiger partial charge on any atom is 0.219 e. The quantitative estimate of drug-likeness (QED) is 0.243. The highest BCUT2D eigenvalue weighted by Crippen LogP contribution is 2.34. The summed E-state index contributed by atoms with van der Waals surface area (Å²) in [6.07, 6.45) is 3.55. The van der Waals surface area contributed by atoms with Gasteiger partial charge in [0.25, 0.3) is 0 Å². The number of benzene rings is 1. The Morgan fingerprint density at radius 2 is 2.00 bits per heavy atom. The topological polar surface area (TPSA) is 144 Å². The summed E-state index contributed by atoms with van der Waals surface area (Å²) in [5, 5.41) is 14.5. The van der Waals surface area contributed by atoms with Gasteiger partial charge >= 0.3 is 0 Å². The first-order valence-electron chi connectivity index (χ1n) is 13.8. The number of nitrogen functional groups attached to an aromatic ring is 1. The molecule has 1 unspecified atom stereocenters. The number of anilines is 1. The first-order valence-corrected chi connectivity index (χ1v) is 13.8. The van der Waals surface area contributed by atoms with Crippen LogP contribution in [-0.2, 0) is 11.2 Å². The van der Waals surface area contributed by atoms with Gasteiger partial charge in [0.1, 0.15) is 5.82 Å². The summed E-state index contributed by atoms with van der Waals surface area (Å²) in [6.45, 7) is 3.76. The Hall–Kier alpha value is -4.72. The minimum absolute atomic E-state index is 0.0203. The van der Waals surface area contributed by atoms with Crippen molar-refractivity contribution >= 4 is 22.6 Å². The molecule has 0 spiro atoms. The van der Waals surface area contributed by atoms with Gasteiger partial charge in [0.05, 0.1) is 78.0 Å². The summed E-state index contributed by atoms with van der Waals surface area (Å²) in [5.41, 5.74) is 11.1. The predicted octanol–water partition coefficient (Wildman–Crippen LogP) is 3.63. The molecule has 0 saturated carbocycles.